The van der Waals surface area contributed by atoms with Gasteiger partial charge < -0.3 is 19.9 Å². The van der Waals surface area contributed by atoms with Crippen LogP contribution in [0.4, 0.5) is 0 Å². The van der Waals surface area contributed by atoms with Gasteiger partial charge in [0.25, 0.3) is 5.91 Å². The Balaban J connectivity index is 1.33. The van der Waals surface area contributed by atoms with Gasteiger partial charge in [-0.2, -0.15) is 0 Å². The average Bonchev–Trinajstić information content (AvgIpc) is 3.11. The number of benzene rings is 4. The molecule has 238 valence electrons. The number of rotatable bonds is 11. The molecule has 0 saturated carbocycles. The molecule has 47 heavy (non-hydrogen) atoms. The van der Waals surface area contributed by atoms with Crippen molar-refractivity contribution in [3.8, 4) is 5.75 Å². The van der Waals surface area contributed by atoms with E-state index in [-0.39, 0.29) is 35.8 Å². The van der Waals surface area contributed by atoms with Crippen molar-refractivity contribution in [3.63, 3.8) is 0 Å². The fourth-order valence-corrected chi connectivity index (χ4v) is 7.09. The molecule has 4 aromatic rings. The Labute approximate surface area is 274 Å². The van der Waals surface area contributed by atoms with Crippen molar-refractivity contribution in [1.29, 1.82) is 0 Å². The summed E-state index contributed by atoms with van der Waals surface area (Å²) in [6.07, 6.45) is -0.790. The first-order valence-corrected chi connectivity index (χ1v) is 16.2. The number of nitrogens with one attached hydrogen (secondary N) is 1. The number of nitrogens with zero attached hydrogens (tertiary/aromatic N) is 1. The van der Waals surface area contributed by atoms with Crippen LogP contribution in [-0.2, 0) is 42.9 Å². The Morgan fingerprint density at radius 1 is 0.851 bits per heavy atom. The summed E-state index contributed by atoms with van der Waals surface area (Å²) in [5, 5.41) is 11.0. The van der Waals surface area contributed by atoms with Crippen LogP contribution in [0.25, 0.3) is 0 Å². The Bertz CT molecular complexity index is 1800. The van der Waals surface area contributed by atoms with E-state index in [2.05, 4.69) is 11.9 Å². The molecule has 2 aliphatic heterocycles. The van der Waals surface area contributed by atoms with Crippen LogP contribution < -0.4 is 10.1 Å². The number of hydrogen-bond donors (Lipinski definition) is 2. The van der Waals surface area contributed by atoms with Gasteiger partial charge in [-0.15, -0.1) is 0 Å². The van der Waals surface area contributed by atoms with Gasteiger partial charge in [0.2, 0.25) is 5.91 Å². The molecule has 2 N–H and O–H groups in total. The number of aliphatic hydroxyl groups is 1. The normalized spacial score (nSPS) is 18.8. The summed E-state index contributed by atoms with van der Waals surface area (Å²) in [5.41, 5.74) is 2.88. The predicted molar refractivity (Wildman–Crippen MR) is 176 cm³/mol. The van der Waals surface area contributed by atoms with E-state index in [0.717, 1.165) is 10.5 Å². The van der Waals surface area contributed by atoms with Crippen molar-refractivity contribution in [1.82, 2.24) is 10.2 Å². The summed E-state index contributed by atoms with van der Waals surface area (Å²) in [6, 6.07) is 33.0. The summed E-state index contributed by atoms with van der Waals surface area (Å²) in [5.74, 6) is -1.42. The summed E-state index contributed by atoms with van der Waals surface area (Å²) in [4.78, 5) is 42.1. The number of fused-ring (bicyclic) bond motifs is 1. The van der Waals surface area contributed by atoms with Gasteiger partial charge in [0.15, 0.2) is 6.10 Å². The monoisotopic (exact) mass is 648 g/mol. The van der Waals surface area contributed by atoms with E-state index in [0.29, 0.717) is 22.4 Å². The summed E-state index contributed by atoms with van der Waals surface area (Å²) in [7, 11) is -1.88. The Morgan fingerprint density at radius 3 is 2.00 bits per heavy atom. The minimum atomic E-state index is -1.88. The van der Waals surface area contributed by atoms with Crippen LogP contribution in [0.3, 0.4) is 0 Å². The van der Waals surface area contributed by atoms with E-state index >= 15 is 0 Å². The maximum atomic E-state index is 14.2. The third-order valence-electron chi connectivity index (χ3n) is 8.00. The van der Waals surface area contributed by atoms with Crippen LogP contribution in [0.5, 0.6) is 5.75 Å². The largest absolute Gasteiger partial charge is 0.489 e. The number of aliphatic hydroxyl groups excluding tert-OH is 1. The Morgan fingerprint density at radius 2 is 1.43 bits per heavy atom. The molecule has 0 unspecified atom stereocenters. The van der Waals surface area contributed by atoms with Crippen molar-refractivity contribution in [2.45, 2.75) is 30.5 Å². The lowest BCUT2D eigenvalue weighted by Gasteiger charge is -2.49. The molecule has 0 bridgehead atoms. The van der Waals surface area contributed by atoms with Crippen molar-refractivity contribution in [2.24, 2.45) is 0 Å². The van der Waals surface area contributed by atoms with Gasteiger partial charge in [0, 0.05) is 10.5 Å². The lowest BCUT2D eigenvalue weighted by atomic mass is 10.00. The number of ether oxygens (including phenoxy) is 2. The fourth-order valence-electron chi connectivity index (χ4n) is 5.57. The minimum Gasteiger partial charge on any atom is -0.489 e. The molecule has 1 fully saturated rings. The number of hydrogen-bond acceptors (Lipinski definition) is 7. The lowest BCUT2D eigenvalue weighted by Crippen LogP contribution is -2.73. The zero-order chi connectivity index (χ0) is 32.9. The summed E-state index contributed by atoms with van der Waals surface area (Å²) >= 11 is 0. The van der Waals surface area contributed by atoms with Crippen molar-refractivity contribution >= 4 is 28.6 Å². The van der Waals surface area contributed by atoms with Gasteiger partial charge in [-0.05, 0) is 34.4 Å². The molecule has 0 spiro atoms. The highest BCUT2D eigenvalue weighted by molar-refractivity contribution is 7.90. The average molecular weight is 649 g/mol. The molecule has 2 amide bonds. The fraction of sp³-hybridized carbons (Fsp3) is 0.162. The van der Waals surface area contributed by atoms with E-state index in [1.54, 1.807) is 36.4 Å². The second-order valence-electron chi connectivity index (χ2n) is 11.1. The molecule has 10 heteroatoms. The molecule has 4 aromatic carbocycles. The highest BCUT2D eigenvalue weighted by Gasteiger charge is 2.58. The molecule has 2 aliphatic rings. The predicted octanol–water partition coefficient (Wildman–Crippen LogP) is 4.32. The van der Waals surface area contributed by atoms with Crippen molar-refractivity contribution in [3.05, 3.63) is 160 Å². The van der Waals surface area contributed by atoms with Crippen LogP contribution in [0, 0.1) is 0 Å². The van der Waals surface area contributed by atoms with Gasteiger partial charge in [-0.1, -0.05) is 110 Å². The number of amides is 2. The van der Waals surface area contributed by atoms with Gasteiger partial charge in [-0.25, -0.2) is 4.79 Å². The summed E-state index contributed by atoms with van der Waals surface area (Å²) < 4.78 is 25.9. The molecule has 1 saturated heterocycles. The maximum Gasteiger partial charge on any atom is 0.356 e. The first kappa shape index (κ1) is 31.7. The molecular weight excluding hydrogens is 616 g/mol. The molecule has 3 atom stereocenters. The van der Waals surface area contributed by atoms with E-state index in [1.807, 2.05) is 78.9 Å². The number of carbonyl (C=O) groups is 3. The third-order valence-corrected chi connectivity index (χ3v) is 9.66. The Hall–Kier alpha value is -5.32. The summed E-state index contributed by atoms with van der Waals surface area (Å²) in [6.45, 7) is 3.66. The van der Waals surface area contributed by atoms with E-state index in [1.165, 1.54) is 0 Å². The SMILES string of the molecule is C=C1C(COc2ccc(CO)cc2)=C(C(=O)OC(c2ccccc2)c2ccccc2)N2C(=O)[C@@H](NC(=O)Cc3ccccc3)[C@H]2[S@@]1=O. The molecule has 0 aliphatic carbocycles. The second-order valence-corrected chi connectivity index (χ2v) is 12.6. The van der Waals surface area contributed by atoms with Crippen LogP contribution >= 0.6 is 0 Å². The topological polar surface area (TPSA) is 122 Å². The van der Waals surface area contributed by atoms with E-state index < -0.39 is 46.1 Å². The first-order valence-electron chi connectivity index (χ1n) is 15.0. The van der Waals surface area contributed by atoms with E-state index in [9.17, 15) is 23.7 Å². The highest BCUT2D eigenvalue weighted by atomic mass is 32.2. The molecule has 0 radical (unpaired) electrons. The number of esters is 1. The first-order chi connectivity index (χ1) is 22.9. The molecule has 0 aromatic heterocycles. The number of carbonyl (C=O) groups excluding carboxylic acids is 3. The van der Waals surface area contributed by atoms with Crippen LogP contribution in [0.1, 0.15) is 28.4 Å². The van der Waals surface area contributed by atoms with Gasteiger partial charge in [0.05, 0.1) is 23.8 Å². The van der Waals surface area contributed by atoms with Crippen LogP contribution in [0.15, 0.2) is 138 Å². The van der Waals surface area contributed by atoms with Crippen LogP contribution in [-0.4, -0.2) is 50.0 Å². The van der Waals surface area contributed by atoms with Crippen molar-refractivity contribution in [2.75, 3.05) is 6.61 Å². The third kappa shape index (κ3) is 6.65. The number of β-lactam (4-membered cyclic amide) rings is 1. The molecule has 2 heterocycles. The lowest BCUT2D eigenvalue weighted by molar-refractivity contribution is -0.154. The smallest absolute Gasteiger partial charge is 0.356 e. The van der Waals surface area contributed by atoms with E-state index in [4.69, 9.17) is 9.47 Å². The van der Waals surface area contributed by atoms with Gasteiger partial charge in [-0.3, -0.25) is 18.7 Å². The van der Waals surface area contributed by atoms with Gasteiger partial charge >= 0.3 is 5.97 Å². The zero-order valence-electron chi connectivity index (χ0n) is 25.3. The highest BCUT2D eigenvalue weighted by Crippen LogP contribution is 2.41. The zero-order valence-corrected chi connectivity index (χ0v) is 26.1. The maximum absolute atomic E-state index is 14.2. The molecular formula is C37H32N2O7S. The quantitative estimate of drug-likeness (QED) is 0.184. The van der Waals surface area contributed by atoms with Crippen molar-refractivity contribution < 1.29 is 33.2 Å². The second kappa shape index (κ2) is 14.0. The van der Waals surface area contributed by atoms with Crippen LogP contribution in [0.2, 0.25) is 0 Å². The molecule has 6 rings (SSSR count). The minimum absolute atomic E-state index is 0.0274. The Kier molecular flexibility index (Phi) is 9.42. The standard InChI is InChI=1S/C37H32N2O7S/c1-24-30(23-45-29-19-17-26(22-40)18-20-29)33(37(43)46-34(27-13-7-3-8-14-27)28-15-9-4-10-16-28)39-35(42)32(36(39)47(24)44)38-31(41)21-25-11-5-2-6-12-25/h2-20,32,34,36,40H,1,21-23H2,(H,38,41)/t32-,36-,47-/m1/s1. The molecule has 9 nitrogen and oxygen atoms in total. The van der Waals surface area contributed by atoms with Gasteiger partial charge in [0.1, 0.15) is 29.5 Å².